The largest absolute Gasteiger partial charge is 0.414 e. The van der Waals surface area contributed by atoms with E-state index in [4.69, 9.17) is 0 Å². The topological polar surface area (TPSA) is 40.5 Å². The fraction of sp³-hybridized carbons (Fsp3) is 0.923. The molecule has 4 aliphatic carbocycles. The molecule has 9 atom stereocenters. The molecule has 5 heteroatoms. The van der Waals surface area contributed by atoms with Crippen molar-refractivity contribution < 1.29 is 23.4 Å². The van der Waals surface area contributed by atoms with Crippen molar-refractivity contribution in [2.75, 3.05) is 0 Å². The van der Waals surface area contributed by atoms with Gasteiger partial charge < -0.3 is 10.2 Å². The van der Waals surface area contributed by atoms with E-state index in [1.54, 1.807) is 0 Å². The maximum atomic E-state index is 12.8. The number of halogens is 3. The molecule has 31 heavy (non-hydrogen) atoms. The van der Waals surface area contributed by atoms with E-state index < -0.39 is 17.9 Å². The molecule has 4 aliphatic rings. The summed E-state index contributed by atoms with van der Waals surface area (Å²) in [6.07, 6.45) is 4.48. The van der Waals surface area contributed by atoms with Gasteiger partial charge in [-0.15, -0.1) is 0 Å². The third-order valence-electron chi connectivity index (χ3n) is 10.4. The highest BCUT2D eigenvalue weighted by Gasteiger charge is 2.59. The molecule has 0 bridgehead atoms. The lowest BCUT2D eigenvalue weighted by Gasteiger charge is -2.59. The van der Waals surface area contributed by atoms with E-state index in [-0.39, 0.29) is 23.2 Å². The van der Waals surface area contributed by atoms with E-state index in [1.165, 1.54) is 18.4 Å². The Morgan fingerprint density at radius 1 is 1.03 bits per heavy atom. The Bertz CT molecular complexity index is 714. The van der Waals surface area contributed by atoms with Gasteiger partial charge in [0.15, 0.2) is 0 Å². The highest BCUT2D eigenvalue weighted by Crippen LogP contribution is 2.67. The average molecular weight is 443 g/mol. The maximum absolute atomic E-state index is 12.8. The Morgan fingerprint density at radius 2 is 1.74 bits per heavy atom. The summed E-state index contributed by atoms with van der Waals surface area (Å²) in [4.78, 5) is 0. The maximum Gasteiger partial charge on any atom is 0.414 e. The predicted molar refractivity (Wildman–Crippen MR) is 116 cm³/mol. The molecule has 0 heterocycles. The van der Waals surface area contributed by atoms with Crippen molar-refractivity contribution >= 4 is 0 Å². The zero-order valence-corrected chi connectivity index (χ0v) is 19.6. The van der Waals surface area contributed by atoms with Crippen molar-refractivity contribution in [3.63, 3.8) is 0 Å². The summed E-state index contributed by atoms with van der Waals surface area (Å²) in [6, 6.07) is 0. The summed E-state index contributed by atoms with van der Waals surface area (Å²) in [5.41, 5.74) is 1.30. The van der Waals surface area contributed by atoms with Crippen LogP contribution in [0.15, 0.2) is 11.6 Å². The monoisotopic (exact) mass is 442 g/mol. The standard InChI is InChI=1S/C26H41F3O2/c1-16(5-10-22(30)26(27,28)29)19-8-9-20-18-7-6-17-15-23(2,31)13-14-24(17,3)21(18)11-12-25(19,20)4/h6,16,18-22,30-31H,5,7-15H2,1-4H3/t16-,18+,19-,20?,21?,22-,23+,24+,25-/m1/s1. The molecule has 3 saturated carbocycles. The summed E-state index contributed by atoms with van der Waals surface area (Å²) in [5.74, 6) is 2.63. The van der Waals surface area contributed by atoms with E-state index >= 15 is 0 Å². The second-order valence-electron chi connectivity index (χ2n) is 12.3. The zero-order valence-electron chi connectivity index (χ0n) is 19.6. The molecular formula is C26H41F3O2. The minimum absolute atomic E-state index is 0.182. The molecule has 0 aromatic rings. The first-order valence-corrected chi connectivity index (χ1v) is 12.4. The molecule has 4 rings (SSSR count). The molecule has 178 valence electrons. The molecular weight excluding hydrogens is 401 g/mol. The molecule has 0 saturated heterocycles. The lowest BCUT2D eigenvalue weighted by molar-refractivity contribution is -0.206. The first-order chi connectivity index (χ1) is 14.3. The van der Waals surface area contributed by atoms with Gasteiger partial charge in [-0.25, -0.2) is 0 Å². The van der Waals surface area contributed by atoms with E-state index in [0.717, 1.165) is 38.5 Å². The van der Waals surface area contributed by atoms with E-state index in [1.807, 2.05) is 6.92 Å². The van der Waals surface area contributed by atoms with Crippen LogP contribution in [0.25, 0.3) is 0 Å². The fourth-order valence-electron chi connectivity index (χ4n) is 8.57. The van der Waals surface area contributed by atoms with Gasteiger partial charge in [-0.2, -0.15) is 13.2 Å². The minimum Gasteiger partial charge on any atom is -0.390 e. The van der Waals surface area contributed by atoms with Crippen molar-refractivity contribution in [3.8, 4) is 0 Å². The smallest absolute Gasteiger partial charge is 0.390 e. The van der Waals surface area contributed by atoms with Crippen LogP contribution in [0, 0.1) is 40.4 Å². The van der Waals surface area contributed by atoms with Crippen molar-refractivity contribution in [3.05, 3.63) is 11.6 Å². The number of rotatable bonds is 4. The van der Waals surface area contributed by atoms with Gasteiger partial charge in [0.05, 0.1) is 5.60 Å². The molecule has 0 amide bonds. The number of hydrogen-bond donors (Lipinski definition) is 2. The fourth-order valence-corrected chi connectivity index (χ4v) is 8.57. The molecule has 0 radical (unpaired) electrons. The van der Waals surface area contributed by atoms with Crippen molar-refractivity contribution in [2.24, 2.45) is 40.4 Å². The van der Waals surface area contributed by atoms with Crippen LogP contribution in [0.3, 0.4) is 0 Å². The van der Waals surface area contributed by atoms with Crippen LogP contribution in [-0.2, 0) is 0 Å². The highest BCUT2D eigenvalue weighted by atomic mass is 19.4. The second kappa shape index (κ2) is 7.75. The lowest BCUT2D eigenvalue weighted by Crippen LogP contribution is -2.52. The number of hydrogen-bond acceptors (Lipinski definition) is 2. The normalized spacial score (nSPS) is 47.1. The van der Waals surface area contributed by atoms with Gasteiger partial charge in [0.25, 0.3) is 0 Å². The Morgan fingerprint density at radius 3 is 2.42 bits per heavy atom. The molecule has 0 spiro atoms. The van der Waals surface area contributed by atoms with Gasteiger partial charge in [0, 0.05) is 0 Å². The van der Waals surface area contributed by atoms with Crippen LogP contribution in [-0.4, -0.2) is 28.1 Å². The zero-order chi connectivity index (χ0) is 22.8. The molecule has 0 aliphatic heterocycles. The van der Waals surface area contributed by atoms with E-state index in [0.29, 0.717) is 30.1 Å². The van der Waals surface area contributed by atoms with Gasteiger partial charge in [0.2, 0.25) is 0 Å². The Balaban J connectivity index is 1.48. The van der Waals surface area contributed by atoms with Crippen LogP contribution in [0.5, 0.6) is 0 Å². The molecule has 0 aromatic heterocycles. The van der Waals surface area contributed by atoms with Gasteiger partial charge in [-0.1, -0.05) is 32.4 Å². The number of fused-ring (bicyclic) bond motifs is 5. The molecule has 2 nitrogen and oxygen atoms in total. The molecule has 0 aromatic carbocycles. The summed E-state index contributed by atoms with van der Waals surface area (Å²) < 4.78 is 38.3. The third kappa shape index (κ3) is 4.00. The molecule has 2 unspecified atom stereocenters. The predicted octanol–water partition coefficient (Wildman–Crippen LogP) is 6.66. The summed E-state index contributed by atoms with van der Waals surface area (Å²) in [6.45, 7) is 8.92. The minimum atomic E-state index is -4.51. The highest BCUT2D eigenvalue weighted by molar-refractivity contribution is 5.26. The van der Waals surface area contributed by atoms with E-state index in [2.05, 4.69) is 26.8 Å². The number of alkyl halides is 3. The van der Waals surface area contributed by atoms with Crippen LogP contribution < -0.4 is 0 Å². The third-order valence-corrected chi connectivity index (χ3v) is 10.4. The van der Waals surface area contributed by atoms with Crippen molar-refractivity contribution in [2.45, 2.75) is 110 Å². The number of allylic oxidation sites excluding steroid dienone is 1. The first kappa shape index (κ1) is 23.6. The Hall–Kier alpha value is -0.550. The van der Waals surface area contributed by atoms with Crippen molar-refractivity contribution in [1.29, 1.82) is 0 Å². The second-order valence-corrected chi connectivity index (χ2v) is 12.3. The molecule has 3 fully saturated rings. The van der Waals surface area contributed by atoms with Gasteiger partial charge >= 0.3 is 6.18 Å². The number of aliphatic hydroxyl groups excluding tert-OH is 1. The summed E-state index contributed by atoms with van der Waals surface area (Å²) >= 11 is 0. The van der Waals surface area contributed by atoms with E-state index in [9.17, 15) is 23.4 Å². The van der Waals surface area contributed by atoms with Gasteiger partial charge in [-0.05, 0) is 112 Å². The lowest BCUT2D eigenvalue weighted by atomic mass is 9.46. The quantitative estimate of drug-likeness (QED) is 0.478. The van der Waals surface area contributed by atoms with Crippen LogP contribution in [0.4, 0.5) is 13.2 Å². The SMILES string of the molecule is C[C@H](CC[C@@H](O)C(F)(F)F)[C@H]1CCC2[C@@H]3CC=C4C[C@@](C)(O)CC[C@]4(C)C3CC[C@@]21C. The molecule has 2 N–H and O–H groups in total. The van der Waals surface area contributed by atoms with Crippen molar-refractivity contribution in [1.82, 2.24) is 0 Å². The van der Waals surface area contributed by atoms with Gasteiger partial charge in [0.1, 0.15) is 6.10 Å². The van der Waals surface area contributed by atoms with Crippen LogP contribution in [0.1, 0.15) is 91.9 Å². The average Bonchev–Trinajstić information content (AvgIpc) is 3.02. The van der Waals surface area contributed by atoms with Crippen LogP contribution >= 0.6 is 0 Å². The van der Waals surface area contributed by atoms with Gasteiger partial charge in [-0.3, -0.25) is 0 Å². The number of aliphatic hydroxyl groups is 2. The summed E-state index contributed by atoms with van der Waals surface area (Å²) in [7, 11) is 0. The first-order valence-electron chi connectivity index (χ1n) is 12.4. The van der Waals surface area contributed by atoms with Crippen LogP contribution in [0.2, 0.25) is 0 Å². The Labute approximate surface area is 185 Å². The Kier molecular flexibility index (Phi) is 5.90. The summed E-state index contributed by atoms with van der Waals surface area (Å²) in [5, 5.41) is 20.1.